The average Bonchev–Trinajstić information content (AvgIpc) is 2.03. The van der Waals surface area contributed by atoms with Crippen LogP contribution in [0.3, 0.4) is 0 Å². The molecule has 1 atom stereocenters. The van der Waals surface area contributed by atoms with Gasteiger partial charge in [0.1, 0.15) is 0 Å². The van der Waals surface area contributed by atoms with E-state index in [4.69, 9.17) is 0 Å². The van der Waals surface area contributed by atoms with Crippen LogP contribution in [0.5, 0.6) is 0 Å². The van der Waals surface area contributed by atoms with Gasteiger partial charge in [-0.15, -0.1) is 0 Å². The first-order chi connectivity index (χ1) is 5.95. The predicted octanol–water partition coefficient (Wildman–Crippen LogP) is 3.40. The van der Waals surface area contributed by atoms with E-state index in [0.29, 0.717) is 6.04 Å². The van der Waals surface area contributed by atoms with Crippen molar-refractivity contribution in [1.82, 2.24) is 4.90 Å². The molecular formula is C12H27N. The smallest absolute Gasteiger partial charge is 0.00355 e. The maximum Gasteiger partial charge on any atom is 0.00355 e. The van der Waals surface area contributed by atoms with Crippen LogP contribution < -0.4 is 0 Å². The molecule has 1 nitrogen and oxygen atoms in total. The topological polar surface area (TPSA) is 3.24 Å². The minimum Gasteiger partial charge on any atom is -0.304 e. The van der Waals surface area contributed by atoms with Gasteiger partial charge < -0.3 is 4.90 Å². The van der Waals surface area contributed by atoms with Gasteiger partial charge in [-0.3, -0.25) is 0 Å². The molecule has 80 valence electrons. The first-order valence-electron chi connectivity index (χ1n) is 5.65. The van der Waals surface area contributed by atoms with Crippen LogP contribution in [-0.2, 0) is 0 Å². The van der Waals surface area contributed by atoms with Crippen LogP contribution in [0.15, 0.2) is 0 Å². The van der Waals surface area contributed by atoms with E-state index < -0.39 is 0 Å². The minimum absolute atomic E-state index is 0.689. The van der Waals surface area contributed by atoms with Gasteiger partial charge in [-0.2, -0.15) is 0 Å². The van der Waals surface area contributed by atoms with Gasteiger partial charge in [0.05, 0.1) is 0 Å². The summed E-state index contributed by atoms with van der Waals surface area (Å²) in [6, 6.07) is 0.689. The summed E-state index contributed by atoms with van der Waals surface area (Å²) in [5, 5.41) is 0. The summed E-state index contributed by atoms with van der Waals surface area (Å²) in [6.45, 7) is 12.8. The van der Waals surface area contributed by atoms with Crippen molar-refractivity contribution >= 4 is 0 Å². The fraction of sp³-hybridized carbons (Fsp3) is 1.00. The lowest BCUT2D eigenvalue weighted by Gasteiger charge is -2.22. The van der Waals surface area contributed by atoms with E-state index in [2.05, 4.69) is 46.6 Å². The van der Waals surface area contributed by atoms with Crippen LogP contribution in [0, 0.1) is 11.8 Å². The zero-order valence-electron chi connectivity index (χ0n) is 10.3. The molecule has 0 aromatic carbocycles. The van der Waals surface area contributed by atoms with Crippen molar-refractivity contribution < 1.29 is 0 Å². The Morgan fingerprint density at radius 2 is 1.54 bits per heavy atom. The van der Waals surface area contributed by atoms with E-state index in [-0.39, 0.29) is 0 Å². The molecule has 0 aliphatic rings. The van der Waals surface area contributed by atoms with Gasteiger partial charge in [0.2, 0.25) is 0 Å². The summed E-state index contributed by atoms with van der Waals surface area (Å²) in [7, 11) is 2.21. The van der Waals surface area contributed by atoms with Crippen molar-refractivity contribution in [1.29, 1.82) is 0 Å². The van der Waals surface area contributed by atoms with Gasteiger partial charge in [-0.05, 0) is 52.1 Å². The summed E-state index contributed by atoms with van der Waals surface area (Å²) < 4.78 is 0. The summed E-state index contributed by atoms with van der Waals surface area (Å²) in [5.41, 5.74) is 0. The first-order valence-corrected chi connectivity index (χ1v) is 5.65. The molecule has 0 saturated carbocycles. The fourth-order valence-electron chi connectivity index (χ4n) is 1.25. The van der Waals surface area contributed by atoms with Crippen LogP contribution in [-0.4, -0.2) is 24.5 Å². The largest absolute Gasteiger partial charge is 0.304 e. The Labute approximate surface area is 84.5 Å². The standard InChI is InChI=1S/C12H27N/c1-10(2)12(5)8-7-9-13(6)11(3)4/h10-12H,7-9H2,1-6H3. The van der Waals surface area contributed by atoms with Crippen LogP contribution in [0.1, 0.15) is 47.5 Å². The van der Waals surface area contributed by atoms with Crippen LogP contribution in [0.4, 0.5) is 0 Å². The maximum absolute atomic E-state index is 2.42. The molecule has 0 rings (SSSR count). The number of hydrogen-bond donors (Lipinski definition) is 0. The first kappa shape index (κ1) is 13.0. The lowest BCUT2D eigenvalue weighted by Crippen LogP contribution is -2.27. The molecule has 0 spiro atoms. The van der Waals surface area contributed by atoms with Crippen molar-refractivity contribution in [3.63, 3.8) is 0 Å². The average molecular weight is 185 g/mol. The molecule has 0 radical (unpaired) electrons. The second kappa shape index (κ2) is 6.42. The summed E-state index contributed by atoms with van der Waals surface area (Å²) in [6.07, 6.45) is 2.71. The summed E-state index contributed by atoms with van der Waals surface area (Å²) >= 11 is 0. The Kier molecular flexibility index (Phi) is 6.40. The molecule has 0 aromatic heterocycles. The Morgan fingerprint density at radius 1 is 1.00 bits per heavy atom. The zero-order chi connectivity index (χ0) is 10.4. The molecule has 0 amide bonds. The van der Waals surface area contributed by atoms with Gasteiger partial charge in [0.25, 0.3) is 0 Å². The Bertz CT molecular complexity index is 104. The van der Waals surface area contributed by atoms with Crippen LogP contribution >= 0.6 is 0 Å². The Balaban J connectivity index is 3.45. The second-order valence-corrected chi connectivity index (χ2v) is 4.94. The van der Waals surface area contributed by atoms with E-state index in [1.165, 1.54) is 19.4 Å². The number of hydrogen-bond acceptors (Lipinski definition) is 1. The maximum atomic E-state index is 2.42. The number of rotatable bonds is 6. The second-order valence-electron chi connectivity index (χ2n) is 4.94. The summed E-state index contributed by atoms with van der Waals surface area (Å²) in [4.78, 5) is 2.42. The van der Waals surface area contributed by atoms with Gasteiger partial charge in [0, 0.05) is 6.04 Å². The highest BCUT2D eigenvalue weighted by atomic mass is 15.1. The summed E-state index contributed by atoms with van der Waals surface area (Å²) in [5.74, 6) is 1.71. The number of nitrogens with zero attached hydrogens (tertiary/aromatic N) is 1. The van der Waals surface area contributed by atoms with E-state index in [0.717, 1.165) is 11.8 Å². The van der Waals surface area contributed by atoms with E-state index in [1.807, 2.05) is 0 Å². The van der Waals surface area contributed by atoms with Crippen molar-refractivity contribution in [2.24, 2.45) is 11.8 Å². The molecule has 0 heterocycles. The van der Waals surface area contributed by atoms with Crippen molar-refractivity contribution in [2.75, 3.05) is 13.6 Å². The minimum atomic E-state index is 0.689. The highest BCUT2D eigenvalue weighted by Crippen LogP contribution is 2.16. The van der Waals surface area contributed by atoms with Crippen molar-refractivity contribution in [2.45, 2.75) is 53.5 Å². The quantitative estimate of drug-likeness (QED) is 0.613. The zero-order valence-corrected chi connectivity index (χ0v) is 10.3. The molecule has 0 bridgehead atoms. The molecule has 1 unspecified atom stereocenters. The van der Waals surface area contributed by atoms with Gasteiger partial charge in [-0.25, -0.2) is 0 Å². The third kappa shape index (κ3) is 6.09. The van der Waals surface area contributed by atoms with E-state index in [9.17, 15) is 0 Å². The van der Waals surface area contributed by atoms with Gasteiger partial charge in [0.15, 0.2) is 0 Å². The lowest BCUT2D eigenvalue weighted by molar-refractivity contribution is 0.254. The van der Waals surface area contributed by atoms with E-state index >= 15 is 0 Å². The normalized spacial score (nSPS) is 14.5. The molecule has 0 aromatic rings. The van der Waals surface area contributed by atoms with E-state index in [1.54, 1.807) is 0 Å². The third-order valence-electron chi connectivity index (χ3n) is 3.19. The van der Waals surface area contributed by atoms with Crippen molar-refractivity contribution in [3.05, 3.63) is 0 Å². The Hall–Kier alpha value is -0.0400. The third-order valence-corrected chi connectivity index (χ3v) is 3.19. The molecule has 1 heteroatoms. The van der Waals surface area contributed by atoms with Gasteiger partial charge in [-0.1, -0.05) is 20.8 Å². The lowest BCUT2D eigenvalue weighted by atomic mass is 9.93. The highest BCUT2D eigenvalue weighted by Gasteiger charge is 2.08. The molecule has 0 fully saturated rings. The molecule has 13 heavy (non-hydrogen) atoms. The molecule has 0 N–H and O–H groups in total. The molecule has 0 saturated heterocycles. The SMILES string of the molecule is CC(C)C(C)CCCN(C)C(C)C. The van der Waals surface area contributed by atoms with Crippen molar-refractivity contribution in [3.8, 4) is 0 Å². The molecule has 0 aliphatic heterocycles. The molecular weight excluding hydrogens is 158 g/mol. The monoisotopic (exact) mass is 185 g/mol. The van der Waals surface area contributed by atoms with Crippen LogP contribution in [0.2, 0.25) is 0 Å². The predicted molar refractivity (Wildman–Crippen MR) is 61.0 cm³/mol. The Morgan fingerprint density at radius 3 is 1.92 bits per heavy atom. The van der Waals surface area contributed by atoms with Crippen LogP contribution in [0.25, 0.3) is 0 Å². The molecule has 0 aliphatic carbocycles. The van der Waals surface area contributed by atoms with Gasteiger partial charge >= 0.3 is 0 Å². The highest BCUT2D eigenvalue weighted by molar-refractivity contribution is 4.61. The fourth-order valence-corrected chi connectivity index (χ4v) is 1.25.